The number of fused-ring (bicyclic) bond motifs is 2. The van der Waals surface area contributed by atoms with Gasteiger partial charge in [-0.3, -0.25) is 4.79 Å². The molecule has 0 unspecified atom stereocenters. The van der Waals surface area contributed by atoms with Crippen LogP contribution in [-0.4, -0.2) is 24.1 Å². The molecule has 4 nitrogen and oxygen atoms in total. The molecule has 0 aliphatic carbocycles. The monoisotopic (exact) mass is 422 g/mol. The van der Waals surface area contributed by atoms with Crippen LogP contribution in [-0.2, 0) is 11.3 Å². The maximum absolute atomic E-state index is 12.9. The van der Waals surface area contributed by atoms with Gasteiger partial charge in [0, 0.05) is 40.8 Å². The fourth-order valence-electron chi connectivity index (χ4n) is 4.33. The van der Waals surface area contributed by atoms with Gasteiger partial charge in [-0.25, -0.2) is 0 Å². The zero-order chi connectivity index (χ0) is 22.2. The number of para-hydroxylation sites is 2. The minimum Gasteiger partial charge on any atom is -0.492 e. The van der Waals surface area contributed by atoms with Crippen molar-refractivity contribution >= 4 is 34.1 Å². The van der Waals surface area contributed by atoms with E-state index in [4.69, 9.17) is 4.74 Å². The maximum Gasteiger partial charge on any atom is 0.258 e. The Bertz CT molecular complexity index is 1360. The molecule has 0 atom stereocenters. The predicted octanol–water partition coefficient (Wildman–Crippen LogP) is 5.85. The van der Waals surface area contributed by atoms with E-state index in [2.05, 4.69) is 48.9 Å². The Balaban J connectivity index is 1.45. The van der Waals surface area contributed by atoms with E-state index in [-0.39, 0.29) is 5.91 Å². The van der Waals surface area contributed by atoms with Crippen molar-refractivity contribution in [2.45, 2.75) is 20.4 Å². The molecule has 0 spiro atoms. The Morgan fingerprint density at radius 3 is 2.56 bits per heavy atom. The number of carbonyl (C=O) groups excluding carboxylic acids is 1. The van der Waals surface area contributed by atoms with E-state index in [0.29, 0.717) is 6.61 Å². The third kappa shape index (κ3) is 3.48. The van der Waals surface area contributed by atoms with Crippen molar-refractivity contribution in [3.8, 4) is 5.75 Å². The average molecular weight is 423 g/mol. The molecule has 1 amide bonds. The van der Waals surface area contributed by atoms with Crippen molar-refractivity contribution in [1.82, 2.24) is 4.57 Å². The van der Waals surface area contributed by atoms with Crippen LogP contribution in [0.25, 0.3) is 22.6 Å². The number of aryl methyl sites for hydroxylation is 2. The first kappa shape index (κ1) is 20.1. The predicted molar refractivity (Wildman–Crippen MR) is 131 cm³/mol. The first-order valence-electron chi connectivity index (χ1n) is 10.9. The van der Waals surface area contributed by atoms with Crippen LogP contribution in [0.3, 0.4) is 0 Å². The summed E-state index contributed by atoms with van der Waals surface area (Å²) in [5, 5.41) is 1.13. The number of aromatic nitrogens is 1. The number of hydrogen-bond donors (Lipinski definition) is 0. The van der Waals surface area contributed by atoms with Crippen molar-refractivity contribution < 1.29 is 9.53 Å². The minimum absolute atomic E-state index is 0.0288. The quantitative estimate of drug-likeness (QED) is 0.378. The number of nitrogens with zero attached hydrogens (tertiary/aromatic N) is 2. The van der Waals surface area contributed by atoms with Crippen LogP contribution < -0.4 is 9.64 Å². The summed E-state index contributed by atoms with van der Waals surface area (Å²) in [6, 6.07) is 22.4. The third-order valence-electron chi connectivity index (χ3n) is 6.29. The van der Waals surface area contributed by atoms with Gasteiger partial charge in [-0.1, -0.05) is 42.5 Å². The highest BCUT2D eigenvalue weighted by Gasteiger charge is 2.29. The highest BCUT2D eigenvalue weighted by molar-refractivity contribution is 6.36. The van der Waals surface area contributed by atoms with Gasteiger partial charge in [0.1, 0.15) is 12.4 Å². The van der Waals surface area contributed by atoms with Gasteiger partial charge in [-0.05, 0) is 55.3 Å². The van der Waals surface area contributed by atoms with Crippen LogP contribution in [0, 0.1) is 13.8 Å². The van der Waals surface area contributed by atoms with E-state index >= 15 is 0 Å². The zero-order valence-electron chi connectivity index (χ0n) is 18.6. The lowest BCUT2D eigenvalue weighted by Crippen LogP contribution is -2.20. The third-order valence-corrected chi connectivity index (χ3v) is 6.29. The molecule has 0 fully saturated rings. The summed E-state index contributed by atoms with van der Waals surface area (Å²) < 4.78 is 8.22. The number of carbonyl (C=O) groups is 1. The van der Waals surface area contributed by atoms with E-state index in [9.17, 15) is 4.79 Å². The first-order chi connectivity index (χ1) is 15.5. The van der Waals surface area contributed by atoms with Crippen molar-refractivity contribution in [2.24, 2.45) is 0 Å². The molecule has 160 valence electrons. The molecule has 4 aromatic rings. The second-order valence-corrected chi connectivity index (χ2v) is 8.33. The summed E-state index contributed by atoms with van der Waals surface area (Å²) in [6.07, 6.45) is 4.14. The highest BCUT2D eigenvalue weighted by Crippen LogP contribution is 2.37. The van der Waals surface area contributed by atoms with Crippen molar-refractivity contribution in [2.75, 3.05) is 18.6 Å². The van der Waals surface area contributed by atoms with Gasteiger partial charge in [0.25, 0.3) is 5.91 Å². The minimum atomic E-state index is 0.0288. The number of hydrogen-bond acceptors (Lipinski definition) is 2. The van der Waals surface area contributed by atoms with Gasteiger partial charge in [0.15, 0.2) is 0 Å². The average Bonchev–Trinajstić information content (AvgIpc) is 3.27. The van der Waals surface area contributed by atoms with Crippen LogP contribution in [0.1, 0.15) is 22.3 Å². The van der Waals surface area contributed by atoms with Gasteiger partial charge in [-0.15, -0.1) is 0 Å². The van der Waals surface area contributed by atoms with Gasteiger partial charge in [0.2, 0.25) is 0 Å². The second-order valence-electron chi connectivity index (χ2n) is 8.33. The SMILES string of the molecule is Cc1ccc(OCCn2cc(/C=C3/C(=O)N(C)c4ccccc43)c3ccccc32)cc1C. The normalized spacial score (nSPS) is 14.4. The molecule has 32 heavy (non-hydrogen) atoms. The lowest BCUT2D eigenvalue weighted by molar-refractivity contribution is -0.112. The molecular weight excluding hydrogens is 396 g/mol. The Hall–Kier alpha value is -3.79. The van der Waals surface area contributed by atoms with Crippen LogP contribution in [0.15, 0.2) is 72.9 Å². The van der Waals surface area contributed by atoms with E-state index in [0.717, 1.165) is 45.6 Å². The Morgan fingerprint density at radius 1 is 0.938 bits per heavy atom. The van der Waals surface area contributed by atoms with Crippen molar-refractivity contribution in [3.63, 3.8) is 0 Å². The summed E-state index contributed by atoms with van der Waals surface area (Å²) in [5.41, 5.74) is 7.34. The molecule has 2 heterocycles. The molecule has 0 radical (unpaired) electrons. The lowest BCUT2D eigenvalue weighted by atomic mass is 10.0. The summed E-state index contributed by atoms with van der Waals surface area (Å²) >= 11 is 0. The number of rotatable bonds is 5. The van der Waals surface area contributed by atoms with Gasteiger partial charge >= 0.3 is 0 Å². The van der Waals surface area contributed by atoms with Crippen LogP contribution in [0.4, 0.5) is 5.69 Å². The standard InChI is InChI=1S/C28H26N2O2/c1-19-12-13-22(16-20(19)2)32-15-14-30-18-21(23-8-4-7-11-27(23)30)17-25-24-9-5-6-10-26(24)29(3)28(25)31/h4-13,16-18H,14-15H2,1-3H3/b25-17+. The first-order valence-corrected chi connectivity index (χ1v) is 10.9. The molecule has 0 N–H and O–H groups in total. The number of benzene rings is 3. The molecular formula is C28H26N2O2. The zero-order valence-corrected chi connectivity index (χ0v) is 18.6. The van der Waals surface area contributed by atoms with E-state index < -0.39 is 0 Å². The van der Waals surface area contributed by atoms with Crippen LogP contribution >= 0.6 is 0 Å². The van der Waals surface area contributed by atoms with Gasteiger partial charge in [-0.2, -0.15) is 0 Å². The highest BCUT2D eigenvalue weighted by atomic mass is 16.5. The molecule has 0 bridgehead atoms. The van der Waals surface area contributed by atoms with Gasteiger partial charge in [0.05, 0.1) is 12.2 Å². The Morgan fingerprint density at radius 2 is 1.72 bits per heavy atom. The number of ether oxygens (including phenoxy) is 1. The summed E-state index contributed by atoms with van der Waals surface area (Å²) in [5.74, 6) is 0.921. The van der Waals surface area contributed by atoms with Crippen molar-refractivity contribution in [1.29, 1.82) is 0 Å². The maximum atomic E-state index is 12.9. The smallest absolute Gasteiger partial charge is 0.258 e. The Kier molecular flexibility index (Phi) is 5.06. The number of anilines is 1. The van der Waals surface area contributed by atoms with Crippen molar-refractivity contribution in [3.05, 3.63) is 95.2 Å². The van der Waals surface area contributed by atoms with Crippen LogP contribution in [0.2, 0.25) is 0 Å². The molecule has 1 aliphatic rings. The van der Waals surface area contributed by atoms with E-state index in [1.807, 2.05) is 55.6 Å². The van der Waals surface area contributed by atoms with E-state index in [1.54, 1.807) is 4.90 Å². The number of likely N-dealkylation sites (N-methyl/N-ethyl adjacent to an activating group) is 1. The molecule has 1 aromatic heterocycles. The van der Waals surface area contributed by atoms with Gasteiger partial charge < -0.3 is 14.2 Å². The fraction of sp³-hybridized carbons (Fsp3) is 0.179. The molecule has 4 heteroatoms. The fourth-order valence-corrected chi connectivity index (χ4v) is 4.33. The molecule has 5 rings (SSSR count). The van der Waals surface area contributed by atoms with Crippen LogP contribution in [0.5, 0.6) is 5.75 Å². The molecule has 3 aromatic carbocycles. The summed E-state index contributed by atoms with van der Waals surface area (Å²) in [6.45, 7) is 5.50. The summed E-state index contributed by atoms with van der Waals surface area (Å²) in [7, 11) is 1.83. The molecule has 1 aliphatic heterocycles. The molecule has 0 saturated carbocycles. The largest absolute Gasteiger partial charge is 0.492 e. The summed E-state index contributed by atoms with van der Waals surface area (Å²) in [4.78, 5) is 14.6. The van der Waals surface area contributed by atoms with E-state index in [1.165, 1.54) is 11.1 Å². The Labute approximate surface area is 188 Å². The molecule has 0 saturated heterocycles. The topological polar surface area (TPSA) is 34.5 Å². The number of amides is 1. The lowest BCUT2D eigenvalue weighted by Gasteiger charge is -2.10. The second kappa shape index (κ2) is 8.04.